The van der Waals surface area contributed by atoms with Gasteiger partial charge in [0.25, 0.3) is 0 Å². The highest BCUT2D eigenvalue weighted by Crippen LogP contribution is 2.42. The van der Waals surface area contributed by atoms with Gasteiger partial charge < -0.3 is 31.6 Å². The zero-order valence-corrected chi connectivity index (χ0v) is 12.9. The molecule has 1 aromatic heterocycles. The van der Waals surface area contributed by atoms with Gasteiger partial charge in [-0.05, 0) is 13.0 Å². The number of aliphatic hydroxyl groups excluding tert-OH is 2. The van der Waals surface area contributed by atoms with E-state index >= 15 is 0 Å². The minimum absolute atomic E-state index is 0.126. The number of nitrogens with two attached hydrogens (primary N) is 2. The van der Waals surface area contributed by atoms with Crippen LogP contribution in [0, 0.1) is 0 Å². The summed E-state index contributed by atoms with van der Waals surface area (Å²) in [6.07, 6.45) is -0.314. The van der Waals surface area contributed by atoms with Crippen LogP contribution in [-0.2, 0) is 4.74 Å². The Hall–Kier alpha value is -2.13. The molecule has 8 nitrogen and oxygen atoms in total. The lowest BCUT2D eigenvalue weighted by atomic mass is 9.91. The van der Waals surface area contributed by atoms with E-state index in [1.807, 2.05) is 0 Å². The second kappa shape index (κ2) is 6.17. The van der Waals surface area contributed by atoms with E-state index in [0.29, 0.717) is 17.0 Å². The van der Waals surface area contributed by atoms with E-state index in [1.54, 1.807) is 6.07 Å². The summed E-state index contributed by atoms with van der Waals surface area (Å²) in [7, 11) is 0. The van der Waals surface area contributed by atoms with Crippen molar-refractivity contribution < 1.29 is 20.1 Å². The molecule has 2 heterocycles. The molecule has 1 aliphatic heterocycles. The third-order valence-corrected chi connectivity index (χ3v) is 4.03. The van der Waals surface area contributed by atoms with Crippen LogP contribution >= 0.6 is 0 Å². The highest BCUT2D eigenvalue weighted by Gasteiger charge is 2.53. The van der Waals surface area contributed by atoms with Crippen molar-refractivity contribution in [2.75, 3.05) is 12.4 Å². The van der Waals surface area contributed by atoms with Crippen LogP contribution in [0.2, 0.25) is 0 Å². The van der Waals surface area contributed by atoms with Crippen molar-refractivity contribution in [1.82, 2.24) is 4.68 Å². The van der Waals surface area contributed by atoms with Crippen molar-refractivity contribution in [1.29, 1.82) is 0 Å². The van der Waals surface area contributed by atoms with Crippen LogP contribution < -0.4 is 11.6 Å². The Morgan fingerprint density at radius 2 is 2.22 bits per heavy atom. The van der Waals surface area contributed by atoms with Crippen molar-refractivity contribution in [3.63, 3.8) is 0 Å². The second-order valence-corrected chi connectivity index (χ2v) is 5.55. The van der Waals surface area contributed by atoms with Gasteiger partial charge >= 0.3 is 0 Å². The predicted molar refractivity (Wildman–Crippen MR) is 86.9 cm³/mol. The highest BCUT2D eigenvalue weighted by atomic mass is 16.6. The number of aliphatic imine (C=N–C) groups is 1. The lowest BCUT2D eigenvalue weighted by Crippen LogP contribution is -2.43. The first-order chi connectivity index (χ1) is 10.8. The summed E-state index contributed by atoms with van der Waals surface area (Å²) < 4.78 is 6.80. The zero-order valence-electron chi connectivity index (χ0n) is 12.9. The van der Waals surface area contributed by atoms with Crippen LogP contribution in [0.5, 0.6) is 0 Å². The SMILES string of the molecule is C=CN=C(N)c1c(C=C)cc([C@@H]2O[C@H](CO)[C@@H](O)[C@@]2(C)O)n1N. The summed E-state index contributed by atoms with van der Waals surface area (Å²) in [6.45, 7) is 8.17. The first-order valence-electron chi connectivity index (χ1n) is 7.04. The van der Waals surface area contributed by atoms with E-state index in [2.05, 4.69) is 18.2 Å². The maximum atomic E-state index is 10.6. The number of ether oxygens (including phenoxy) is 1. The quantitative estimate of drug-likeness (QED) is 0.274. The fourth-order valence-corrected chi connectivity index (χ4v) is 2.78. The molecule has 0 saturated carbocycles. The molecule has 2 rings (SSSR count). The standard InChI is InChI=1S/C15H22N4O4/c1-4-8-6-9(19(17)11(8)14(16)18-5-2)13-15(3,22)12(21)10(7-20)23-13/h4-6,10,12-13,20-22H,1-2,7,17H2,3H3,(H2,16,18)/t10-,12-,13+,15-/m1/s1. The largest absolute Gasteiger partial charge is 0.394 e. The smallest absolute Gasteiger partial charge is 0.149 e. The molecule has 0 spiro atoms. The van der Waals surface area contributed by atoms with Gasteiger partial charge in [0.05, 0.1) is 12.3 Å². The Morgan fingerprint density at radius 3 is 2.70 bits per heavy atom. The van der Waals surface area contributed by atoms with Crippen molar-refractivity contribution >= 4 is 11.9 Å². The van der Waals surface area contributed by atoms with Crippen LogP contribution in [0.1, 0.15) is 30.0 Å². The predicted octanol–water partition coefficient (Wildman–Crippen LogP) is -0.762. The minimum atomic E-state index is -1.64. The van der Waals surface area contributed by atoms with E-state index in [4.69, 9.17) is 16.3 Å². The van der Waals surface area contributed by atoms with Gasteiger partial charge in [-0.2, -0.15) is 0 Å². The Morgan fingerprint density at radius 1 is 1.57 bits per heavy atom. The zero-order chi connectivity index (χ0) is 17.4. The molecule has 126 valence electrons. The monoisotopic (exact) mass is 322 g/mol. The lowest BCUT2D eigenvalue weighted by molar-refractivity contribution is -0.0666. The molecule has 0 unspecified atom stereocenters. The molecule has 8 heteroatoms. The number of aliphatic hydroxyl groups is 3. The summed E-state index contributed by atoms with van der Waals surface area (Å²) in [5.41, 5.74) is 5.59. The summed E-state index contributed by atoms with van der Waals surface area (Å²) in [5, 5.41) is 29.9. The van der Waals surface area contributed by atoms with Gasteiger partial charge in [-0.15, -0.1) is 0 Å². The van der Waals surface area contributed by atoms with Gasteiger partial charge in [0, 0.05) is 11.8 Å². The number of hydrogen-bond donors (Lipinski definition) is 5. The van der Waals surface area contributed by atoms with Crippen molar-refractivity contribution in [2.24, 2.45) is 10.7 Å². The number of aromatic nitrogens is 1. The number of hydrogen-bond acceptors (Lipinski definition) is 6. The first-order valence-corrected chi connectivity index (χ1v) is 7.04. The summed E-state index contributed by atoms with van der Waals surface area (Å²) >= 11 is 0. The van der Waals surface area contributed by atoms with Crippen molar-refractivity contribution in [3.8, 4) is 0 Å². The van der Waals surface area contributed by atoms with Gasteiger partial charge in [-0.25, -0.2) is 4.99 Å². The molecule has 1 aliphatic rings. The fourth-order valence-electron chi connectivity index (χ4n) is 2.78. The van der Waals surface area contributed by atoms with Crippen molar-refractivity contribution in [2.45, 2.75) is 30.8 Å². The highest BCUT2D eigenvalue weighted by molar-refractivity contribution is 6.00. The molecule has 0 amide bonds. The van der Waals surface area contributed by atoms with E-state index in [0.717, 1.165) is 0 Å². The molecule has 0 radical (unpaired) electrons. The Kier molecular flexibility index (Phi) is 4.62. The van der Waals surface area contributed by atoms with Crippen LogP contribution in [0.15, 0.2) is 30.4 Å². The molecule has 0 aliphatic carbocycles. The van der Waals surface area contributed by atoms with E-state index in [-0.39, 0.29) is 5.84 Å². The topological polar surface area (TPSA) is 139 Å². The normalized spacial score (nSPS) is 31.3. The third-order valence-electron chi connectivity index (χ3n) is 4.03. The van der Waals surface area contributed by atoms with Crippen LogP contribution in [0.25, 0.3) is 6.08 Å². The summed E-state index contributed by atoms with van der Waals surface area (Å²) in [4.78, 5) is 3.90. The molecule has 1 fully saturated rings. The van der Waals surface area contributed by atoms with E-state index in [1.165, 1.54) is 23.9 Å². The average Bonchev–Trinajstić information content (AvgIpc) is 2.94. The van der Waals surface area contributed by atoms with Crippen LogP contribution in [-0.4, -0.2) is 50.2 Å². The lowest BCUT2D eigenvalue weighted by Gasteiger charge is -2.26. The number of nitrogen functional groups attached to an aromatic ring is 1. The number of rotatable bonds is 5. The average molecular weight is 322 g/mol. The summed E-state index contributed by atoms with van der Waals surface area (Å²) in [6, 6.07) is 1.64. The molecule has 7 N–H and O–H groups in total. The molecule has 0 aromatic carbocycles. The Balaban J connectivity index is 2.55. The number of amidine groups is 1. The van der Waals surface area contributed by atoms with Gasteiger partial charge in [0.15, 0.2) is 0 Å². The molecule has 4 atom stereocenters. The molecule has 1 aromatic rings. The van der Waals surface area contributed by atoms with E-state index < -0.39 is 30.5 Å². The molecule has 23 heavy (non-hydrogen) atoms. The first kappa shape index (κ1) is 17.2. The van der Waals surface area contributed by atoms with E-state index in [9.17, 15) is 15.3 Å². The van der Waals surface area contributed by atoms with Crippen LogP contribution in [0.3, 0.4) is 0 Å². The molecular formula is C15H22N4O4. The maximum absolute atomic E-state index is 10.6. The third kappa shape index (κ3) is 2.66. The molecule has 0 bridgehead atoms. The second-order valence-electron chi connectivity index (χ2n) is 5.55. The number of nitrogens with zero attached hydrogens (tertiary/aromatic N) is 2. The molecule has 1 saturated heterocycles. The van der Waals surface area contributed by atoms with Gasteiger partial charge in [0.2, 0.25) is 0 Å². The fraction of sp³-hybridized carbons (Fsp3) is 0.400. The molecular weight excluding hydrogens is 300 g/mol. The summed E-state index contributed by atoms with van der Waals surface area (Å²) in [5.74, 6) is 6.21. The van der Waals surface area contributed by atoms with Gasteiger partial charge in [0.1, 0.15) is 35.4 Å². The minimum Gasteiger partial charge on any atom is -0.394 e. The van der Waals surface area contributed by atoms with Gasteiger partial charge in [-0.1, -0.05) is 19.2 Å². The Labute approximate surface area is 134 Å². The Bertz CT molecular complexity index is 650. The van der Waals surface area contributed by atoms with Gasteiger partial charge in [-0.3, -0.25) is 4.68 Å². The maximum Gasteiger partial charge on any atom is 0.149 e. The van der Waals surface area contributed by atoms with Crippen molar-refractivity contribution in [3.05, 3.63) is 42.4 Å². The van der Waals surface area contributed by atoms with Crippen LogP contribution in [0.4, 0.5) is 0 Å².